The van der Waals surface area contributed by atoms with Gasteiger partial charge in [0, 0.05) is 30.3 Å². The molecule has 2 aromatic heterocycles. The van der Waals surface area contributed by atoms with E-state index in [-0.39, 0.29) is 5.91 Å². The molecule has 0 saturated carbocycles. The van der Waals surface area contributed by atoms with Gasteiger partial charge in [0.1, 0.15) is 11.5 Å². The van der Waals surface area contributed by atoms with E-state index in [2.05, 4.69) is 15.3 Å². The summed E-state index contributed by atoms with van der Waals surface area (Å²) >= 11 is 0. The molecular weight excluding hydrogens is 390 g/mol. The number of nitrogens with zero attached hydrogens (tertiary/aromatic N) is 2. The van der Waals surface area contributed by atoms with Gasteiger partial charge in [0.05, 0.1) is 23.9 Å². The smallest absolute Gasteiger partial charge is 0.253 e. The van der Waals surface area contributed by atoms with Crippen LogP contribution in [0.4, 0.5) is 0 Å². The van der Waals surface area contributed by atoms with Gasteiger partial charge >= 0.3 is 0 Å². The van der Waals surface area contributed by atoms with E-state index in [1.54, 1.807) is 25.4 Å². The molecule has 0 spiro atoms. The molecule has 0 aliphatic heterocycles. The summed E-state index contributed by atoms with van der Waals surface area (Å²) in [5.41, 5.74) is 4.16. The maximum absolute atomic E-state index is 12.7. The third-order valence-electron chi connectivity index (χ3n) is 4.92. The number of aryl methyl sites for hydroxylation is 2. The van der Waals surface area contributed by atoms with Crippen LogP contribution in [0, 0.1) is 13.8 Å². The number of carbonyl (C=O) groups excluding carboxylic acids is 1. The standard InChI is InChI=1S/C25H23N3O3/c1-16-7-9-23-19(11-16)12-22(17(2)28-23)25(29)27-15-18-8-10-24(26-14-18)31-21-6-4-5-20(13-21)30-3/h4-14H,15H2,1-3H3,(H,27,29). The summed E-state index contributed by atoms with van der Waals surface area (Å²) < 4.78 is 10.9. The van der Waals surface area contributed by atoms with Crippen molar-refractivity contribution in [1.82, 2.24) is 15.3 Å². The van der Waals surface area contributed by atoms with Crippen LogP contribution in [0.5, 0.6) is 17.4 Å². The topological polar surface area (TPSA) is 73.3 Å². The van der Waals surface area contributed by atoms with Crippen molar-refractivity contribution in [2.24, 2.45) is 0 Å². The van der Waals surface area contributed by atoms with Crippen molar-refractivity contribution >= 4 is 16.8 Å². The Labute approximate surface area is 180 Å². The lowest BCUT2D eigenvalue weighted by molar-refractivity contribution is 0.0950. The van der Waals surface area contributed by atoms with Crippen LogP contribution in [0.25, 0.3) is 10.9 Å². The van der Waals surface area contributed by atoms with E-state index in [4.69, 9.17) is 9.47 Å². The molecule has 1 amide bonds. The van der Waals surface area contributed by atoms with Gasteiger partial charge < -0.3 is 14.8 Å². The Morgan fingerprint density at radius 3 is 2.61 bits per heavy atom. The Kier molecular flexibility index (Phi) is 5.80. The predicted octanol–water partition coefficient (Wildman–Crippen LogP) is 4.98. The fraction of sp³-hybridized carbons (Fsp3) is 0.160. The lowest BCUT2D eigenvalue weighted by atomic mass is 10.1. The van der Waals surface area contributed by atoms with Crippen LogP contribution in [0.1, 0.15) is 27.2 Å². The van der Waals surface area contributed by atoms with E-state index in [1.165, 1.54) is 0 Å². The van der Waals surface area contributed by atoms with Crippen molar-refractivity contribution in [2.45, 2.75) is 20.4 Å². The zero-order valence-electron chi connectivity index (χ0n) is 17.7. The van der Waals surface area contributed by atoms with Crippen LogP contribution >= 0.6 is 0 Å². The van der Waals surface area contributed by atoms with Crippen LogP contribution in [0.2, 0.25) is 0 Å². The highest BCUT2D eigenvalue weighted by atomic mass is 16.5. The molecule has 156 valence electrons. The van der Waals surface area contributed by atoms with Gasteiger partial charge in [-0.15, -0.1) is 0 Å². The SMILES string of the molecule is COc1cccc(Oc2ccc(CNC(=O)c3cc4cc(C)ccc4nc3C)cn2)c1. The van der Waals surface area contributed by atoms with Gasteiger partial charge in [0.25, 0.3) is 5.91 Å². The van der Waals surface area contributed by atoms with Crippen molar-refractivity contribution < 1.29 is 14.3 Å². The molecule has 2 heterocycles. The molecule has 1 N–H and O–H groups in total. The zero-order valence-corrected chi connectivity index (χ0v) is 17.7. The number of hydrogen-bond donors (Lipinski definition) is 1. The molecule has 0 fully saturated rings. The summed E-state index contributed by atoms with van der Waals surface area (Å²) in [7, 11) is 1.61. The number of amides is 1. The average molecular weight is 413 g/mol. The summed E-state index contributed by atoms with van der Waals surface area (Å²) in [5.74, 6) is 1.66. The molecule has 4 rings (SSSR count). The first kappa shape index (κ1) is 20.3. The minimum Gasteiger partial charge on any atom is -0.497 e. The summed E-state index contributed by atoms with van der Waals surface area (Å²) in [6.45, 7) is 4.23. The van der Waals surface area contributed by atoms with E-state index < -0.39 is 0 Å². The molecule has 0 aliphatic rings. The second-order valence-electron chi connectivity index (χ2n) is 7.29. The van der Waals surface area contributed by atoms with E-state index in [1.807, 2.05) is 62.4 Å². The molecule has 2 aromatic carbocycles. The molecular formula is C25H23N3O3. The number of hydrogen-bond acceptors (Lipinski definition) is 5. The minimum atomic E-state index is -0.162. The van der Waals surface area contributed by atoms with Gasteiger partial charge in [-0.05, 0) is 49.7 Å². The number of pyridine rings is 2. The molecule has 6 nitrogen and oxygen atoms in total. The van der Waals surface area contributed by atoms with Crippen molar-refractivity contribution in [3.8, 4) is 17.4 Å². The van der Waals surface area contributed by atoms with E-state index >= 15 is 0 Å². The lowest BCUT2D eigenvalue weighted by Crippen LogP contribution is -2.24. The van der Waals surface area contributed by atoms with E-state index in [9.17, 15) is 4.79 Å². The highest BCUT2D eigenvalue weighted by Gasteiger charge is 2.12. The Morgan fingerprint density at radius 2 is 1.84 bits per heavy atom. The molecule has 0 bridgehead atoms. The van der Waals surface area contributed by atoms with Crippen LogP contribution in [-0.4, -0.2) is 23.0 Å². The maximum atomic E-state index is 12.7. The Morgan fingerprint density at radius 1 is 1.00 bits per heavy atom. The van der Waals surface area contributed by atoms with Crippen LogP contribution in [0.3, 0.4) is 0 Å². The Hall–Kier alpha value is -3.93. The molecule has 0 aliphatic carbocycles. The van der Waals surface area contributed by atoms with Crippen molar-refractivity contribution in [1.29, 1.82) is 0 Å². The second-order valence-corrected chi connectivity index (χ2v) is 7.29. The zero-order chi connectivity index (χ0) is 21.8. The lowest BCUT2D eigenvalue weighted by Gasteiger charge is -2.10. The minimum absolute atomic E-state index is 0.162. The van der Waals surface area contributed by atoms with Crippen LogP contribution < -0.4 is 14.8 Å². The Balaban J connectivity index is 1.41. The maximum Gasteiger partial charge on any atom is 0.253 e. The number of rotatable bonds is 6. The molecule has 0 saturated heterocycles. The number of carbonyl (C=O) groups is 1. The average Bonchev–Trinajstić information content (AvgIpc) is 2.78. The van der Waals surface area contributed by atoms with E-state index in [0.717, 1.165) is 22.0 Å². The third-order valence-corrected chi connectivity index (χ3v) is 4.92. The number of methoxy groups -OCH3 is 1. The largest absolute Gasteiger partial charge is 0.497 e. The first-order valence-corrected chi connectivity index (χ1v) is 9.95. The molecule has 0 atom stereocenters. The molecule has 6 heteroatoms. The van der Waals surface area contributed by atoms with Crippen molar-refractivity contribution in [2.75, 3.05) is 7.11 Å². The Bertz CT molecular complexity index is 1240. The number of ether oxygens (including phenoxy) is 2. The van der Waals surface area contributed by atoms with Crippen molar-refractivity contribution in [3.05, 3.63) is 89.2 Å². The normalized spacial score (nSPS) is 10.7. The monoisotopic (exact) mass is 413 g/mol. The number of benzene rings is 2. The van der Waals surface area contributed by atoms with Gasteiger partial charge in [-0.1, -0.05) is 23.8 Å². The highest BCUT2D eigenvalue weighted by molar-refractivity contribution is 5.98. The fourth-order valence-electron chi connectivity index (χ4n) is 3.26. The molecule has 31 heavy (non-hydrogen) atoms. The van der Waals surface area contributed by atoms with Gasteiger partial charge in [0.2, 0.25) is 5.88 Å². The molecule has 0 unspecified atom stereocenters. The van der Waals surface area contributed by atoms with Gasteiger partial charge in [-0.3, -0.25) is 9.78 Å². The number of aromatic nitrogens is 2. The third kappa shape index (κ3) is 4.80. The quantitative estimate of drug-likeness (QED) is 0.483. The molecule has 4 aromatic rings. The van der Waals surface area contributed by atoms with Crippen LogP contribution in [-0.2, 0) is 6.54 Å². The predicted molar refractivity (Wildman–Crippen MR) is 120 cm³/mol. The van der Waals surface area contributed by atoms with Crippen LogP contribution in [0.15, 0.2) is 66.9 Å². The van der Waals surface area contributed by atoms with E-state index in [0.29, 0.717) is 35.2 Å². The number of nitrogens with one attached hydrogen (secondary N) is 1. The highest BCUT2D eigenvalue weighted by Crippen LogP contribution is 2.24. The first-order chi connectivity index (χ1) is 15.0. The van der Waals surface area contributed by atoms with Gasteiger partial charge in [-0.2, -0.15) is 0 Å². The first-order valence-electron chi connectivity index (χ1n) is 9.95. The van der Waals surface area contributed by atoms with Gasteiger partial charge in [0.15, 0.2) is 0 Å². The van der Waals surface area contributed by atoms with Crippen molar-refractivity contribution in [3.63, 3.8) is 0 Å². The summed E-state index contributed by atoms with van der Waals surface area (Å²) in [6, 6.07) is 18.9. The van der Waals surface area contributed by atoms with Gasteiger partial charge in [-0.25, -0.2) is 4.98 Å². The molecule has 0 radical (unpaired) electrons. The summed E-state index contributed by atoms with van der Waals surface area (Å²) in [4.78, 5) is 21.6. The number of fused-ring (bicyclic) bond motifs is 1. The summed E-state index contributed by atoms with van der Waals surface area (Å²) in [5, 5.41) is 3.90. The fourth-order valence-corrected chi connectivity index (χ4v) is 3.26. The summed E-state index contributed by atoms with van der Waals surface area (Å²) in [6.07, 6.45) is 1.69. The second kappa shape index (κ2) is 8.83.